The van der Waals surface area contributed by atoms with Crippen molar-refractivity contribution in [1.82, 2.24) is 9.97 Å². The molecule has 5 nitrogen and oxygen atoms in total. The van der Waals surface area contributed by atoms with Crippen LogP contribution in [0.3, 0.4) is 0 Å². The molecule has 3 rings (SSSR count). The zero-order valence-corrected chi connectivity index (χ0v) is 11.9. The lowest BCUT2D eigenvalue weighted by Gasteiger charge is -2.36. The number of hydrogen-bond acceptors (Lipinski definition) is 5. The van der Waals surface area contributed by atoms with Crippen molar-refractivity contribution in [3.8, 4) is 5.75 Å². The van der Waals surface area contributed by atoms with Crippen LogP contribution >= 0.6 is 0 Å². The predicted octanol–water partition coefficient (Wildman–Crippen LogP) is 2.45. The van der Waals surface area contributed by atoms with Crippen molar-refractivity contribution < 1.29 is 13.9 Å². The van der Waals surface area contributed by atoms with Gasteiger partial charge >= 0.3 is 0 Å². The van der Waals surface area contributed by atoms with Crippen LogP contribution in [0.2, 0.25) is 0 Å². The molecule has 0 unspecified atom stereocenters. The van der Waals surface area contributed by atoms with Crippen molar-refractivity contribution in [3.63, 3.8) is 0 Å². The summed E-state index contributed by atoms with van der Waals surface area (Å²) in [6.45, 7) is 2.92. The third-order valence-corrected chi connectivity index (χ3v) is 3.72. The van der Waals surface area contributed by atoms with Gasteiger partial charge in [0.1, 0.15) is 23.6 Å². The molecule has 1 fully saturated rings. The first-order chi connectivity index (χ1) is 10.6. The van der Waals surface area contributed by atoms with E-state index in [4.69, 9.17) is 0 Å². The van der Waals surface area contributed by atoms with Crippen LogP contribution < -0.4 is 9.80 Å². The molecule has 1 saturated heterocycles. The summed E-state index contributed by atoms with van der Waals surface area (Å²) in [5.41, 5.74) is 0.791. The third kappa shape index (κ3) is 3.08. The molecule has 0 aliphatic carbocycles. The minimum atomic E-state index is -2.58. The average Bonchev–Trinajstić information content (AvgIpc) is 2.56. The Kier molecular flexibility index (Phi) is 4.04. The Hall–Kier alpha value is -2.44. The molecule has 0 atom stereocenters. The van der Waals surface area contributed by atoms with E-state index < -0.39 is 6.43 Å². The topological polar surface area (TPSA) is 52.5 Å². The summed E-state index contributed by atoms with van der Waals surface area (Å²) in [6.07, 6.45) is -1.40. The number of aromatic hydroxyl groups is 1. The molecule has 0 radical (unpaired) electrons. The van der Waals surface area contributed by atoms with Gasteiger partial charge in [-0.05, 0) is 24.3 Å². The molecule has 1 aromatic carbocycles. The van der Waals surface area contributed by atoms with Gasteiger partial charge in [-0.2, -0.15) is 0 Å². The Balaban J connectivity index is 1.66. The number of halogens is 2. The van der Waals surface area contributed by atoms with E-state index in [1.54, 1.807) is 12.1 Å². The second-order valence-corrected chi connectivity index (χ2v) is 5.09. The zero-order chi connectivity index (χ0) is 15.5. The maximum absolute atomic E-state index is 12.7. The number of hydrogen-bond donors (Lipinski definition) is 1. The fourth-order valence-corrected chi connectivity index (χ4v) is 2.51. The predicted molar refractivity (Wildman–Crippen MR) is 79.5 cm³/mol. The van der Waals surface area contributed by atoms with Gasteiger partial charge in [-0.15, -0.1) is 0 Å². The number of benzene rings is 1. The summed E-state index contributed by atoms with van der Waals surface area (Å²) in [5.74, 6) is 0.776. The summed E-state index contributed by atoms with van der Waals surface area (Å²) < 4.78 is 25.4. The highest BCUT2D eigenvalue weighted by Gasteiger charge is 2.20. The Morgan fingerprint density at radius 1 is 0.955 bits per heavy atom. The van der Waals surface area contributed by atoms with E-state index in [1.807, 2.05) is 17.0 Å². The van der Waals surface area contributed by atoms with Crippen LogP contribution in [0.15, 0.2) is 36.7 Å². The number of piperazine rings is 1. The van der Waals surface area contributed by atoms with Gasteiger partial charge in [-0.25, -0.2) is 18.7 Å². The first-order valence-corrected chi connectivity index (χ1v) is 7.02. The molecule has 7 heteroatoms. The van der Waals surface area contributed by atoms with Crippen molar-refractivity contribution in [2.75, 3.05) is 36.0 Å². The van der Waals surface area contributed by atoms with Crippen LogP contribution in [-0.4, -0.2) is 41.3 Å². The molecule has 1 aliphatic heterocycles. The summed E-state index contributed by atoms with van der Waals surface area (Å²) in [7, 11) is 0. The SMILES string of the molecule is Oc1ccc(N2CCN(c3cc(C(F)F)ncn3)CC2)cc1. The van der Waals surface area contributed by atoms with E-state index in [2.05, 4.69) is 14.9 Å². The number of rotatable bonds is 3. The quantitative estimate of drug-likeness (QED) is 0.944. The first kappa shape index (κ1) is 14.5. The van der Waals surface area contributed by atoms with Crippen molar-refractivity contribution in [2.45, 2.75) is 6.43 Å². The standard InChI is InChI=1S/C15H16F2N4O/c16-15(17)13-9-14(19-10-18-13)21-7-5-20(6-8-21)11-1-3-12(22)4-2-11/h1-4,9-10,15,22H,5-8H2. The van der Waals surface area contributed by atoms with Crippen molar-refractivity contribution >= 4 is 11.5 Å². The Labute approximate surface area is 126 Å². The van der Waals surface area contributed by atoms with E-state index in [0.717, 1.165) is 18.8 Å². The summed E-state index contributed by atoms with van der Waals surface area (Å²) >= 11 is 0. The van der Waals surface area contributed by atoms with Gasteiger partial charge in [0.25, 0.3) is 6.43 Å². The lowest BCUT2D eigenvalue weighted by molar-refractivity contribution is 0.146. The van der Waals surface area contributed by atoms with Gasteiger partial charge < -0.3 is 14.9 Å². The van der Waals surface area contributed by atoms with Crippen LogP contribution in [0.25, 0.3) is 0 Å². The molecule has 1 N–H and O–H groups in total. The van der Waals surface area contributed by atoms with Gasteiger partial charge in [0.15, 0.2) is 0 Å². The van der Waals surface area contributed by atoms with Crippen LogP contribution in [0, 0.1) is 0 Å². The first-order valence-electron chi connectivity index (χ1n) is 7.02. The summed E-state index contributed by atoms with van der Waals surface area (Å²) in [5, 5.41) is 9.31. The molecule has 2 aromatic rings. The number of aromatic nitrogens is 2. The van der Waals surface area contributed by atoms with E-state index >= 15 is 0 Å². The van der Waals surface area contributed by atoms with Gasteiger partial charge in [-0.3, -0.25) is 0 Å². The van der Waals surface area contributed by atoms with Crippen LogP contribution in [0.4, 0.5) is 20.3 Å². The number of phenolic OH excluding ortho intramolecular Hbond substituents is 1. The van der Waals surface area contributed by atoms with E-state index in [-0.39, 0.29) is 11.4 Å². The molecular weight excluding hydrogens is 290 g/mol. The summed E-state index contributed by atoms with van der Waals surface area (Å²) in [6, 6.07) is 8.39. The Morgan fingerprint density at radius 3 is 2.23 bits per heavy atom. The normalized spacial score (nSPS) is 15.4. The molecule has 116 valence electrons. The average molecular weight is 306 g/mol. The minimum absolute atomic E-state index is 0.239. The highest BCUT2D eigenvalue weighted by molar-refractivity contribution is 5.51. The van der Waals surface area contributed by atoms with Crippen LogP contribution in [-0.2, 0) is 0 Å². The second-order valence-electron chi connectivity index (χ2n) is 5.09. The second kappa shape index (κ2) is 6.13. The zero-order valence-electron chi connectivity index (χ0n) is 11.9. The summed E-state index contributed by atoms with van der Waals surface area (Å²) in [4.78, 5) is 11.8. The minimum Gasteiger partial charge on any atom is -0.508 e. The molecule has 1 aromatic heterocycles. The maximum Gasteiger partial charge on any atom is 0.280 e. The molecule has 22 heavy (non-hydrogen) atoms. The lowest BCUT2D eigenvalue weighted by atomic mass is 10.2. The van der Waals surface area contributed by atoms with E-state index in [9.17, 15) is 13.9 Å². The fourth-order valence-electron chi connectivity index (χ4n) is 2.51. The molecule has 1 aliphatic rings. The number of alkyl halides is 2. The number of anilines is 2. The molecule has 0 bridgehead atoms. The highest BCUT2D eigenvalue weighted by Crippen LogP contribution is 2.23. The Bertz CT molecular complexity index is 628. The largest absolute Gasteiger partial charge is 0.508 e. The van der Waals surface area contributed by atoms with Gasteiger partial charge in [-0.1, -0.05) is 0 Å². The van der Waals surface area contributed by atoms with E-state index in [1.165, 1.54) is 12.4 Å². The van der Waals surface area contributed by atoms with Crippen LogP contribution in [0.5, 0.6) is 5.75 Å². The van der Waals surface area contributed by atoms with Gasteiger partial charge in [0, 0.05) is 37.9 Å². The maximum atomic E-state index is 12.7. The highest BCUT2D eigenvalue weighted by atomic mass is 19.3. The van der Waals surface area contributed by atoms with Gasteiger partial charge in [0.05, 0.1) is 0 Å². The Morgan fingerprint density at radius 2 is 1.59 bits per heavy atom. The smallest absolute Gasteiger partial charge is 0.280 e. The molecule has 0 spiro atoms. The number of phenols is 1. The van der Waals surface area contributed by atoms with Crippen LogP contribution in [0.1, 0.15) is 12.1 Å². The number of nitrogens with zero attached hydrogens (tertiary/aromatic N) is 4. The molecule has 0 saturated carbocycles. The van der Waals surface area contributed by atoms with Crippen molar-refractivity contribution in [2.24, 2.45) is 0 Å². The monoisotopic (exact) mass is 306 g/mol. The molecule has 0 amide bonds. The fraction of sp³-hybridized carbons (Fsp3) is 0.333. The third-order valence-electron chi connectivity index (χ3n) is 3.72. The molecule has 2 heterocycles. The van der Waals surface area contributed by atoms with Gasteiger partial charge in [0.2, 0.25) is 0 Å². The van der Waals surface area contributed by atoms with Crippen molar-refractivity contribution in [1.29, 1.82) is 0 Å². The lowest BCUT2D eigenvalue weighted by Crippen LogP contribution is -2.46. The van der Waals surface area contributed by atoms with Crippen molar-refractivity contribution in [3.05, 3.63) is 42.4 Å². The molecular formula is C15H16F2N4O. The van der Waals surface area contributed by atoms with E-state index in [0.29, 0.717) is 18.9 Å².